The largest absolute Gasteiger partial charge is 0.418 e. The summed E-state index contributed by atoms with van der Waals surface area (Å²) in [6.45, 7) is 0.667. The molecule has 0 bridgehead atoms. The highest BCUT2D eigenvalue weighted by Crippen LogP contribution is 2.50. The first-order valence-electron chi connectivity index (χ1n) is 6.07. The quantitative estimate of drug-likeness (QED) is 0.752. The summed E-state index contributed by atoms with van der Waals surface area (Å²) in [6, 6.07) is 4.43. The Hall–Kier alpha value is -0.840. The van der Waals surface area contributed by atoms with Gasteiger partial charge in [0.05, 0.1) is 11.3 Å². The molecule has 1 saturated carbocycles. The molecule has 1 aromatic rings. The molecule has 1 N–H and O–H groups in total. The van der Waals surface area contributed by atoms with Gasteiger partial charge in [0.2, 0.25) is 0 Å². The Bertz CT molecular complexity index is 466. The molecular weight excluding hydrogens is 259 g/mol. The molecule has 1 fully saturated rings. The van der Waals surface area contributed by atoms with Crippen molar-refractivity contribution in [2.24, 2.45) is 5.41 Å². The van der Waals surface area contributed by atoms with Crippen LogP contribution < -0.4 is 5.32 Å². The fourth-order valence-corrected chi connectivity index (χ4v) is 3.98. The molecule has 1 heterocycles. The van der Waals surface area contributed by atoms with E-state index in [1.54, 1.807) is 17.8 Å². The van der Waals surface area contributed by atoms with Crippen molar-refractivity contribution < 1.29 is 13.2 Å². The van der Waals surface area contributed by atoms with E-state index in [4.69, 9.17) is 0 Å². The first-order valence-corrected chi connectivity index (χ1v) is 7.06. The molecule has 1 spiro atoms. The molecule has 0 aromatic heterocycles. The highest BCUT2D eigenvalue weighted by atomic mass is 32.2. The lowest BCUT2D eigenvalue weighted by Gasteiger charge is -2.40. The molecule has 98 valence electrons. The maximum absolute atomic E-state index is 12.9. The molecule has 0 atom stereocenters. The third-order valence-corrected chi connectivity index (χ3v) is 5.33. The Morgan fingerprint density at radius 2 is 2.00 bits per heavy atom. The van der Waals surface area contributed by atoms with Crippen molar-refractivity contribution in [1.29, 1.82) is 0 Å². The van der Waals surface area contributed by atoms with E-state index in [0.29, 0.717) is 6.54 Å². The summed E-state index contributed by atoms with van der Waals surface area (Å²) in [6.07, 6.45) is -0.828. The summed E-state index contributed by atoms with van der Waals surface area (Å²) in [4.78, 5) is 0.730. The number of hydrogen-bond acceptors (Lipinski definition) is 2. The molecule has 2 aliphatic rings. The summed E-state index contributed by atoms with van der Waals surface area (Å²) < 4.78 is 38.8. The van der Waals surface area contributed by atoms with Gasteiger partial charge >= 0.3 is 6.18 Å². The number of para-hydroxylation sites is 1. The smallest absolute Gasteiger partial charge is 0.383 e. The van der Waals surface area contributed by atoms with Gasteiger partial charge in [-0.15, -0.1) is 11.8 Å². The number of alkyl halides is 3. The van der Waals surface area contributed by atoms with E-state index in [1.807, 2.05) is 0 Å². The van der Waals surface area contributed by atoms with Gasteiger partial charge < -0.3 is 5.32 Å². The Morgan fingerprint density at radius 3 is 2.61 bits per heavy atom. The summed E-state index contributed by atoms with van der Waals surface area (Å²) in [5, 5.41) is 3.05. The van der Waals surface area contributed by atoms with Crippen LogP contribution in [0.1, 0.15) is 24.8 Å². The lowest BCUT2D eigenvalue weighted by molar-refractivity contribution is -0.137. The molecule has 1 aliphatic carbocycles. The zero-order chi connectivity index (χ0) is 12.8. The SMILES string of the molecule is FC(F)(F)c1cccc2c1NCC1(CCC1)CS2. The van der Waals surface area contributed by atoms with Crippen molar-refractivity contribution in [3.63, 3.8) is 0 Å². The number of rotatable bonds is 0. The van der Waals surface area contributed by atoms with Gasteiger partial charge in [-0.25, -0.2) is 0 Å². The summed E-state index contributed by atoms with van der Waals surface area (Å²) in [5.74, 6) is 0.925. The van der Waals surface area contributed by atoms with E-state index < -0.39 is 11.7 Å². The fraction of sp³-hybridized carbons (Fsp3) is 0.538. The molecular formula is C13H14F3NS. The van der Waals surface area contributed by atoms with Crippen LogP contribution in [-0.2, 0) is 6.18 Å². The zero-order valence-electron chi connectivity index (χ0n) is 9.81. The van der Waals surface area contributed by atoms with Crippen molar-refractivity contribution in [1.82, 2.24) is 0 Å². The monoisotopic (exact) mass is 273 g/mol. The normalized spacial score (nSPS) is 21.7. The molecule has 18 heavy (non-hydrogen) atoms. The minimum Gasteiger partial charge on any atom is -0.383 e. The molecule has 0 saturated heterocycles. The Balaban J connectivity index is 1.96. The van der Waals surface area contributed by atoms with Gasteiger partial charge in [-0.3, -0.25) is 0 Å². The Morgan fingerprint density at radius 1 is 1.22 bits per heavy atom. The topological polar surface area (TPSA) is 12.0 Å². The van der Waals surface area contributed by atoms with E-state index in [1.165, 1.54) is 12.5 Å². The van der Waals surface area contributed by atoms with Crippen LogP contribution in [0.5, 0.6) is 0 Å². The summed E-state index contributed by atoms with van der Waals surface area (Å²) in [5.41, 5.74) is -0.0466. The third kappa shape index (κ3) is 1.98. The maximum atomic E-state index is 12.9. The van der Waals surface area contributed by atoms with Crippen LogP contribution in [0.3, 0.4) is 0 Å². The first kappa shape index (κ1) is 12.2. The van der Waals surface area contributed by atoms with Gasteiger partial charge in [-0.1, -0.05) is 12.5 Å². The van der Waals surface area contributed by atoms with Crippen LogP contribution in [-0.4, -0.2) is 12.3 Å². The number of thioether (sulfide) groups is 1. The lowest BCUT2D eigenvalue weighted by Crippen LogP contribution is -2.38. The van der Waals surface area contributed by atoms with Crippen LogP contribution in [0.25, 0.3) is 0 Å². The van der Waals surface area contributed by atoms with Crippen LogP contribution in [0.2, 0.25) is 0 Å². The highest BCUT2D eigenvalue weighted by molar-refractivity contribution is 7.99. The average Bonchev–Trinajstić information content (AvgIpc) is 2.46. The second-order valence-electron chi connectivity index (χ2n) is 5.17. The van der Waals surface area contributed by atoms with Crippen LogP contribution in [0, 0.1) is 5.41 Å². The van der Waals surface area contributed by atoms with E-state index >= 15 is 0 Å². The van der Waals surface area contributed by atoms with Crippen LogP contribution >= 0.6 is 11.8 Å². The molecule has 1 nitrogen and oxygen atoms in total. The van der Waals surface area contributed by atoms with Gasteiger partial charge in [-0.2, -0.15) is 13.2 Å². The van der Waals surface area contributed by atoms with E-state index in [0.717, 1.165) is 29.6 Å². The predicted molar refractivity (Wildman–Crippen MR) is 66.9 cm³/mol. The second-order valence-corrected chi connectivity index (χ2v) is 6.19. The number of hydrogen-bond donors (Lipinski definition) is 1. The zero-order valence-corrected chi connectivity index (χ0v) is 10.6. The van der Waals surface area contributed by atoms with Crippen LogP contribution in [0.4, 0.5) is 18.9 Å². The van der Waals surface area contributed by atoms with Gasteiger partial charge in [0, 0.05) is 17.2 Å². The fourth-order valence-electron chi connectivity index (χ4n) is 2.63. The minimum absolute atomic E-state index is 0.215. The minimum atomic E-state index is -4.28. The van der Waals surface area contributed by atoms with Gasteiger partial charge in [0.15, 0.2) is 0 Å². The predicted octanol–water partition coefficient (Wildman–Crippen LogP) is 4.39. The van der Waals surface area contributed by atoms with Crippen molar-refractivity contribution in [2.45, 2.75) is 30.3 Å². The standard InChI is InChI=1S/C13H14F3NS/c14-13(15,16)9-3-1-4-10-11(9)17-7-12(8-18-10)5-2-6-12/h1,3-4,17H,2,5-8H2. The summed E-state index contributed by atoms with van der Waals surface area (Å²) >= 11 is 1.56. The molecule has 5 heteroatoms. The number of benzene rings is 1. The van der Waals surface area contributed by atoms with Gasteiger partial charge in [0.25, 0.3) is 0 Å². The van der Waals surface area contributed by atoms with Gasteiger partial charge in [-0.05, 0) is 30.4 Å². The molecule has 3 rings (SSSR count). The number of fused-ring (bicyclic) bond motifs is 1. The van der Waals surface area contributed by atoms with Crippen molar-refractivity contribution in [3.05, 3.63) is 23.8 Å². The lowest BCUT2D eigenvalue weighted by atomic mass is 9.70. The number of anilines is 1. The third-order valence-electron chi connectivity index (χ3n) is 3.92. The Kier molecular flexibility index (Phi) is 2.77. The molecule has 0 amide bonds. The van der Waals surface area contributed by atoms with E-state index in [2.05, 4.69) is 5.32 Å². The second kappa shape index (κ2) is 4.08. The van der Waals surface area contributed by atoms with Gasteiger partial charge in [0.1, 0.15) is 0 Å². The average molecular weight is 273 g/mol. The van der Waals surface area contributed by atoms with E-state index in [-0.39, 0.29) is 11.1 Å². The van der Waals surface area contributed by atoms with Crippen molar-refractivity contribution in [3.8, 4) is 0 Å². The molecule has 1 aromatic carbocycles. The first-order chi connectivity index (χ1) is 8.50. The highest BCUT2D eigenvalue weighted by Gasteiger charge is 2.41. The molecule has 1 aliphatic heterocycles. The number of nitrogens with one attached hydrogen (secondary N) is 1. The van der Waals surface area contributed by atoms with E-state index in [9.17, 15) is 13.2 Å². The Labute approximate surface area is 108 Å². The van der Waals surface area contributed by atoms with Crippen molar-refractivity contribution in [2.75, 3.05) is 17.6 Å². The van der Waals surface area contributed by atoms with Crippen LogP contribution in [0.15, 0.2) is 23.1 Å². The molecule has 0 unspecified atom stereocenters. The maximum Gasteiger partial charge on any atom is 0.418 e. The molecule has 0 radical (unpaired) electrons. The summed E-state index contributed by atoms with van der Waals surface area (Å²) in [7, 11) is 0. The number of halogens is 3. The van der Waals surface area contributed by atoms with Crippen molar-refractivity contribution >= 4 is 17.4 Å².